The third-order valence-electron chi connectivity index (χ3n) is 6.70. The number of phenolic OH excluding ortho intramolecular Hbond substituents is 1. The van der Waals surface area contributed by atoms with Gasteiger partial charge in [-0.1, -0.05) is 54.6 Å². The Morgan fingerprint density at radius 1 is 0.912 bits per heavy atom. The Labute approximate surface area is 203 Å². The lowest BCUT2D eigenvalue weighted by molar-refractivity contribution is 0.233. The van der Waals surface area contributed by atoms with Crippen LogP contribution in [-0.4, -0.2) is 48.0 Å². The summed E-state index contributed by atoms with van der Waals surface area (Å²) in [7, 11) is 2.20. The number of phenols is 1. The molecule has 0 aliphatic carbocycles. The third kappa shape index (κ3) is 6.07. The maximum atomic E-state index is 9.85. The van der Waals surface area contributed by atoms with Gasteiger partial charge in [-0.25, -0.2) is 0 Å². The number of aliphatic hydroxyl groups is 1. The van der Waals surface area contributed by atoms with Crippen LogP contribution in [0.15, 0.2) is 78.9 Å². The van der Waals surface area contributed by atoms with E-state index in [1.165, 1.54) is 25.0 Å². The Morgan fingerprint density at radius 3 is 2.21 bits per heavy atom. The van der Waals surface area contributed by atoms with Gasteiger partial charge in [0.05, 0.1) is 6.61 Å². The van der Waals surface area contributed by atoms with Crippen molar-refractivity contribution in [3.05, 3.63) is 95.6 Å². The van der Waals surface area contributed by atoms with E-state index in [0.29, 0.717) is 12.5 Å². The zero-order valence-corrected chi connectivity index (χ0v) is 20.0. The monoisotopic (exact) mass is 457 g/mol. The summed E-state index contributed by atoms with van der Waals surface area (Å²) in [5, 5.41) is 19.4. The summed E-state index contributed by atoms with van der Waals surface area (Å²) in [5.74, 6) is 1.13. The molecule has 178 valence electrons. The van der Waals surface area contributed by atoms with Gasteiger partial charge in [0.25, 0.3) is 0 Å². The zero-order chi connectivity index (χ0) is 23.8. The van der Waals surface area contributed by atoms with Gasteiger partial charge in [-0.3, -0.25) is 0 Å². The van der Waals surface area contributed by atoms with Crippen molar-refractivity contribution in [2.75, 3.05) is 26.8 Å². The standard InChI is InChI=1S/C30H35NO3/c1-31-20-5-9-26(31)19-22-34-28-17-13-25(14-18-28)30(24-11-15-27(33)16-12-24)29(10-6-21-32)23-7-3-2-4-8-23/h2-4,7-8,11-18,26,32-33H,5-6,9-10,19-22H2,1H3/b30-29-. The fraction of sp³-hybridized carbons (Fsp3) is 0.333. The summed E-state index contributed by atoms with van der Waals surface area (Å²) >= 11 is 0. The van der Waals surface area contributed by atoms with E-state index in [2.05, 4.69) is 36.2 Å². The van der Waals surface area contributed by atoms with Gasteiger partial charge < -0.3 is 19.8 Å². The predicted molar refractivity (Wildman–Crippen MR) is 139 cm³/mol. The molecule has 1 unspecified atom stereocenters. The minimum atomic E-state index is 0.141. The second-order valence-electron chi connectivity index (χ2n) is 9.03. The molecule has 1 fully saturated rings. The van der Waals surface area contributed by atoms with E-state index in [4.69, 9.17) is 4.74 Å². The Kier molecular flexibility index (Phi) is 8.40. The Hall–Kier alpha value is -3.08. The lowest BCUT2D eigenvalue weighted by Crippen LogP contribution is -2.26. The van der Waals surface area contributed by atoms with E-state index in [1.54, 1.807) is 12.1 Å². The van der Waals surface area contributed by atoms with Crippen LogP contribution >= 0.6 is 0 Å². The first-order valence-corrected chi connectivity index (χ1v) is 12.3. The molecule has 0 saturated carbocycles. The Morgan fingerprint density at radius 2 is 1.59 bits per heavy atom. The van der Waals surface area contributed by atoms with Crippen LogP contribution in [-0.2, 0) is 0 Å². The summed E-state index contributed by atoms with van der Waals surface area (Å²) in [6.45, 7) is 2.05. The molecule has 34 heavy (non-hydrogen) atoms. The molecule has 1 aliphatic heterocycles. The molecule has 0 aromatic heterocycles. The Bertz CT molecular complexity index is 1060. The number of likely N-dealkylation sites (tertiary alicyclic amines) is 1. The molecule has 1 saturated heterocycles. The van der Waals surface area contributed by atoms with Crippen molar-refractivity contribution in [3.63, 3.8) is 0 Å². The smallest absolute Gasteiger partial charge is 0.119 e. The van der Waals surface area contributed by atoms with Gasteiger partial charge in [-0.15, -0.1) is 0 Å². The van der Waals surface area contributed by atoms with Crippen molar-refractivity contribution in [1.82, 2.24) is 4.90 Å². The van der Waals surface area contributed by atoms with Crippen LogP contribution < -0.4 is 4.74 Å². The van der Waals surface area contributed by atoms with Crippen LogP contribution in [0.1, 0.15) is 48.8 Å². The molecule has 0 amide bonds. The molecule has 3 aromatic carbocycles. The lowest BCUT2D eigenvalue weighted by Gasteiger charge is -2.20. The second kappa shape index (κ2) is 11.9. The maximum Gasteiger partial charge on any atom is 0.119 e. The summed E-state index contributed by atoms with van der Waals surface area (Å²) in [6, 6.07) is 26.6. The number of aromatic hydroxyl groups is 1. The molecule has 4 heteroatoms. The first-order chi connectivity index (χ1) is 16.7. The SMILES string of the molecule is CN1CCCC1CCOc1ccc(/C(=C(/CCCO)c2ccccc2)c2ccc(O)cc2)cc1. The van der Waals surface area contributed by atoms with E-state index in [1.807, 2.05) is 42.5 Å². The number of hydrogen-bond acceptors (Lipinski definition) is 4. The Balaban J connectivity index is 1.63. The highest BCUT2D eigenvalue weighted by atomic mass is 16.5. The highest BCUT2D eigenvalue weighted by Crippen LogP contribution is 2.36. The molecule has 1 atom stereocenters. The molecular weight excluding hydrogens is 422 g/mol. The minimum Gasteiger partial charge on any atom is -0.508 e. The van der Waals surface area contributed by atoms with Gasteiger partial charge in [0.1, 0.15) is 11.5 Å². The number of rotatable bonds is 10. The number of nitrogens with zero attached hydrogens (tertiary/aromatic N) is 1. The molecule has 2 N–H and O–H groups in total. The minimum absolute atomic E-state index is 0.141. The van der Waals surface area contributed by atoms with Crippen molar-refractivity contribution in [3.8, 4) is 11.5 Å². The van der Waals surface area contributed by atoms with Crippen LogP contribution in [0.5, 0.6) is 11.5 Å². The second-order valence-corrected chi connectivity index (χ2v) is 9.03. The molecular formula is C30H35NO3. The molecule has 0 bridgehead atoms. The van der Waals surface area contributed by atoms with Crippen molar-refractivity contribution in [2.45, 2.75) is 38.1 Å². The van der Waals surface area contributed by atoms with Gasteiger partial charge in [0.15, 0.2) is 0 Å². The molecule has 4 rings (SSSR count). The van der Waals surface area contributed by atoms with E-state index in [9.17, 15) is 10.2 Å². The fourth-order valence-electron chi connectivity index (χ4n) is 4.83. The van der Waals surface area contributed by atoms with Crippen molar-refractivity contribution < 1.29 is 14.9 Å². The van der Waals surface area contributed by atoms with Crippen molar-refractivity contribution in [1.29, 1.82) is 0 Å². The van der Waals surface area contributed by atoms with Crippen LogP contribution in [0.25, 0.3) is 11.1 Å². The predicted octanol–water partition coefficient (Wildman–Crippen LogP) is 5.99. The molecule has 1 heterocycles. The van der Waals surface area contributed by atoms with Crippen LogP contribution in [0, 0.1) is 0 Å². The molecule has 1 aliphatic rings. The molecule has 0 radical (unpaired) electrons. The van der Waals surface area contributed by atoms with Crippen LogP contribution in [0.3, 0.4) is 0 Å². The normalized spacial score (nSPS) is 16.9. The first-order valence-electron chi connectivity index (χ1n) is 12.3. The van der Waals surface area contributed by atoms with E-state index < -0.39 is 0 Å². The highest BCUT2D eigenvalue weighted by Gasteiger charge is 2.20. The van der Waals surface area contributed by atoms with Gasteiger partial charge >= 0.3 is 0 Å². The number of allylic oxidation sites excluding steroid dienone is 1. The summed E-state index contributed by atoms with van der Waals surface area (Å²) in [6.07, 6.45) is 5.03. The average molecular weight is 458 g/mol. The largest absolute Gasteiger partial charge is 0.508 e. The van der Waals surface area contributed by atoms with E-state index in [-0.39, 0.29) is 12.4 Å². The highest BCUT2D eigenvalue weighted by molar-refractivity contribution is 5.98. The van der Waals surface area contributed by atoms with Gasteiger partial charge in [0, 0.05) is 12.6 Å². The fourth-order valence-corrected chi connectivity index (χ4v) is 4.83. The van der Waals surface area contributed by atoms with Gasteiger partial charge in [-0.05, 0) is 97.8 Å². The molecule has 3 aromatic rings. The quantitative estimate of drug-likeness (QED) is 0.367. The topological polar surface area (TPSA) is 52.9 Å². The molecule has 0 spiro atoms. The number of hydrogen-bond donors (Lipinski definition) is 2. The zero-order valence-electron chi connectivity index (χ0n) is 20.0. The molecule has 4 nitrogen and oxygen atoms in total. The van der Waals surface area contributed by atoms with Gasteiger partial charge in [-0.2, -0.15) is 0 Å². The van der Waals surface area contributed by atoms with Crippen LogP contribution in [0.2, 0.25) is 0 Å². The first kappa shape index (κ1) is 24.1. The maximum absolute atomic E-state index is 9.85. The van der Waals surface area contributed by atoms with Crippen molar-refractivity contribution in [2.24, 2.45) is 0 Å². The summed E-state index contributed by atoms with van der Waals surface area (Å²) in [5.41, 5.74) is 5.55. The number of aliphatic hydroxyl groups excluding tert-OH is 1. The number of ether oxygens (including phenoxy) is 1. The third-order valence-corrected chi connectivity index (χ3v) is 6.70. The van der Waals surface area contributed by atoms with Crippen molar-refractivity contribution >= 4 is 11.1 Å². The van der Waals surface area contributed by atoms with E-state index in [0.717, 1.165) is 47.5 Å². The average Bonchev–Trinajstić information content (AvgIpc) is 3.28. The van der Waals surface area contributed by atoms with Crippen LogP contribution in [0.4, 0.5) is 0 Å². The summed E-state index contributed by atoms with van der Waals surface area (Å²) < 4.78 is 6.07. The summed E-state index contributed by atoms with van der Waals surface area (Å²) in [4.78, 5) is 2.43. The van der Waals surface area contributed by atoms with Gasteiger partial charge in [0.2, 0.25) is 0 Å². The lowest BCUT2D eigenvalue weighted by atomic mass is 9.87. The van der Waals surface area contributed by atoms with E-state index >= 15 is 0 Å². The number of benzene rings is 3.